The van der Waals surface area contributed by atoms with E-state index in [2.05, 4.69) is 4.98 Å². The van der Waals surface area contributed by atoms with E-state index in [1.54, 1.807) is 12.0 Å². The maximum absolute atomic E-state index is 7.71. The molecule has 3 rings (SSSR count). The summed E-state index contributed by atoms with van der Waals surface area (Å²) >= 11 is 0. The molecule has 1 N–H and O–H groups in total. The van der Waals surface area contributed by atoms with Crippen LogP contribution in [0.4, 0.5) is 0 Å². The lowest BCUT2D eigenvalue weighted by atomic mass is 10.0. The molecule has 2 aromatic rings. The number of aryl methyl sites for hydroxylation is 1. The van der Waals surface area contributed by atoms with Gasteiger partial charge in [0.2, 0.25) is 0 Å². The Labute approximate surface area is 118 Å². The molecule has 102 valence electrons. The van der Waals surface area contributed by atoms with E-state index in [4.69, 9.17) is 8.85 Å². The Morgan fingerprint density at radius 2 is 2.42 bits per heavy atom. The summed E-state index contributed by atoms with van der Waals surface area (Å²) in [5, 5.41) is 1.08. The Balaban J connectivity index is 1.99. The second-order valence-corrected chi connectivity index (χ2v) is 5.30. The van der Waals surface area contributed by atoms with E-state index >= 15 is 0 Å². The molecule has 0 spiro atoms. The zero-order valence-corrected chi connectivity index (χ0v) is 11.5. The summed E-state index contributed by atoms with van der Waals surface area (Å²) in [5.74, 6) is 0.843. The average Bonchev–Trinajstić information content (AvgIpc) is 3.04. The number of methoxy groups -OCH3 is 1. The summed E-state index contributed by atoms with van der Waals surface area (Å²) in [4.78, 5) is 5.06. The molecular formula is C16H22N2O. The molecule has 1 aromatic carbocycles. The molecule has 0 radical (unpaired) electrons. The number of H-pyrrole nitrogens is 1. The number of hydrogen-bond donors (Lipinski definition) is 1. The van der Waals surface area contributed by atoms with Gasteiger partial charge in [-0.1, -0.05) is 6.07 Å². The van der Waals surface area contributed by atoms with Crippen molar-refractivity contribution in [2.24, 2.45) is 0 Å². The van der Waals surface area contributed by atoms with E-state index in [0.717, 1.165) is 41.6 Å². The number of hydrogen-bond acceptors (Lipinski definition) is 2. The van der Waals surface area contributed by atoms with Gasteiger partial charge in [0.25, 0.3) is 0 Å². The number of aromatic amines is 1. The van der Waals surface area contributed by atoms with Crippen molar-refractivity contribution in [3.63, 3.8) is 0 Å². The molecule has 3 nitrogen and oxygen atoms in total. The standard InChI is InChI=1S/C16H22N2O/c1-11-13(10-12-6-5-9-18(12)2)16-14(17-11)7-4-8-15(16)19-3/h4,7-8,12,17H,5-6,9-10H2,1-3H3/t12-/m1/s1/i2D3. The molecule has 1 aromatic heterocycles. The van der Waals surface area contributed by atoms with E-state index < -0.39 is 6.98 Å². The third kappa shape index (κ3) is 2.12. The average molecular weight is 261 g/mol. The highest BCUT2D eigenvalue weighted by Crippen LogP contribution is 2.33. The lowest BCUT2D eigenvalue weighted by Crippen LogP contribution is -2.27. The van der Waals surface area contributed by atoms with Crippen LogP contribution in [-0.4, -0.2) is 36.6 Å². The molecule has 0 amide bonds. The SMILES string of the molecule is [2H]C([2H])([2H])N1CCC[C@@H]1Cc1c(C)[nH]c2cccc(OC)c12. The summed E-state index contributed by atoms with van der Waals surface area (Å²) in [6, 6.07) is 6.01. The zero-order valence-electron chi connectivity index (χ0n) is 14.5. The van der Waals surface area contributed by atoms with E-state index in [1.165, 1.54) is 5.56 Å². The van der Waals surface area contributed by atoms with Gasteiger partial charge in [-0.25, -0.2) is 0 Å². The van der Waals surface area contributed by atoms with Gasteiger partial charge in [-0.05, 0) is 57.4 Å². The number of nitrogens with zero attached hydrogens (tertiary/aromatic N) is 1. The van der Waals surface area contributed by atoms with E-state index in [-0.39, 0.29) is 6.04 Å². The molecule has 3 heteroatoms. The highest BCUT2D eigenvalue weighted by molar-refractivity contribution is 5.90. The van der Waals surface area contributed by atoms with Gasteiger partial charge >= 0.3 is 0 Å². The second kappa shape index (κ2) is 4.89. The topological polar surface area (TPSA) is 28.3 Å². The number of aromatic nitrogens is 1. The number of benzene rings is 1. The van der Waals surface area contributed by atoms with Crippen LogP contribution in [0.5, 0.6) is 5.75 Å². The predicted octanol–water partition coefficient (Wildman–Crippen LogP) is 3.12. The molecule has 1 atom stereocenters. The summed E-state index contributed by atoms with van der Waals surface area (Å²) < 4.78 is 28.6. The minimum absolute atomic E-state index is 0.0649. The third-order valence-corrected chi connectivity index (χ3v) is 4.14. The lowest BCUT2D eigenvalue weighted by molar-refractivity contribution is 0.309. The van der Waals surface area contributed by atoms with Crippen molar-refractivity contribution < 1.29 is 8.85 Å². The van der Waals surface area contributed by atoms with Crippen molar-refractivity contribution >= 4 is 10.9 Å². The predicted molar refractivity (Wildman–Crippen MR) is 78.9 cm³/mol. The van der Waals surface area contributed by atoms with Gasteiger partial charge in [-0.15, -0.1) is 0 Å². The third-order valence-electron chi connectivity index (χ3n) is 4.14. The first-order chi connectivity index (χ1) is 10.4. The first kappa shape index (κ1) is 9.43. The first-order valence-electron chi connectivity index (χ1n) is 8.32. The maximum Gasteiger partial charge on any atom is 0.128 e. The van der Waals surface area contributed by atoms with Crippen LogP contribution in [0.2, 0.25) is 0 Å². The number of likely N-dealkylation sites (tertiary alicyclic amines) is 1. The van der Waals surface area contributed by atoms with Gasteiger partial charge in [0.05, 0.1) is 7.11 Å². The largest absolute Gasteiger partial charge is 0.496 e. The van der Waals surface area contributed by atoms with Gasteiger partial charge in [-0.2, -0.15) is 0 Å². The molecular weight excluding hydrogens is 236 g/mol. The summed E-state index contributed by atoms with van der Waals surface area (Å²) in [6.45, 7) is 0.689. The normalized spacial score (nSPS) is 23.3. The summed E-state index contributed by atoms with van der Waals surface area (Å²) in [7, 11) is 1.67. The maximum atomic E-state index is 7.71. The van der Waals surface area contributed by atoms with E-state index in [0.29, 0.717) is 6.54 Å². The van der Waals surface area contributed by atoms with Crippen LogP contribution in [0.1, 0.15) is 28.2 Å². The van der Waals surface area contributed by atoms with Gasteiger partial charge in [0, 0.05) is 26.8 Å². The van der Waals surface area contributed by atoms with Gasteiger partial charge in [0.15, 0.2) is 0 Å². The van der Waals surface area contributed by atoms with E-state index in [1.807, 2.05) is 25.1 Å². The lowest BCUT2D eigenvalue weighted by Gasteiger charge is -2.19. The van der Waals surface area contributed by atoms with Crippen molar-refractivity contribution in [2.45, 2.75) is 32.2 Å². The highest BCUT2D eigenvalue weighted by atomic mass is 16.5. The van der Waals surface area contributed by atoms with Gasteiger partial charge < -0.3 is 14.6 Å². The van der Waals surface area contributed by atoms with Crippen molar-refractivity contribution in [2.75, 3.05) is 20.6 Å². The first-order valence-corrected chi connectivity index (χ1v) is 6.82. The number of ether oxygens (including phenoxy) is 1. The minimum Gasteiger partial charge on any atom is -0.496 e. The molecule has 0 saturated carbocycles. The Morgan fingerprint density at radius 1 is 1.53 bits per heavy atom. The molecule has 0 unspecified atom stereocenters. The zero-order chi connectivity index (χ0) is 15.9. The van der Waals surface area contributed by atoms with Crippen LogP contribution in [0, 0.1) is 6.92 Å². The fourth-order valence-corrected chi connectivity index (χ4v) is 3.12. The molecule has 1 saturated heterocycles. The number of likely N-dealkylation sites (N-methyl/N-ethyl adjacent to an activating group) is 1. The fraction of sp³-hybridized carbons (Fsp3) is 0.500. The van der Waals surface area contributed by atoms with Crippen LogP contribution in [0.15, 0.2) is 18.2 Å². The Morgan fingerprint density at radius 3 is 3.21 bits per heavy atom. The van der Waals surface area contributed by atoms with Crippen molar-refractivity contribution in [1.82, 2.24) is 9.88 Å². The van der Waals surface area contributed by atoms with Crippen LogP contribution >= 0.6 is 0 Å². The van der Waals surface area contributed by atoms with Gasteiger partial charge in [-0.3, -0.25) is 0 Å². The van der Waals surface area contributed by atoms with Crippen LogP contribution in [0.3, 0.4) is 0 Å². The van der Waals surface area contributed by atoms with Crippen LogP contribution in [-0.2, 0) is 6.42 Å². The van der Waals surface area contributed by atoms with Crippen LogP contribution in [0.25, 0.3) is 10.9 Å². The van der Waals surface area contributed by atoms with Crippen molar-refractivity contribution in [1.29, 1.82) is 0 Å². The Hall–Kier alpha value is -1.48. The quantitative estimate of drug-likeness (QED) is 0.919. The van der Waals surface area contributed by atoms with Crippen molar-refractivity contribution in [3.05, 3.63) is 29.5 Å². The smallest absolute Gasteiger partial charge is 0.128 e. The Kier molecular flexibility index (Phi) is 2.43. The highest BCUT2D eigenvalue weighted by Gasteiger charge is 2.24. The fourth-order valence-electron chi connectivity index (χ4n) is 3.12. The van der Waals surface area contributed by atoms with Crippen molar-refractivity contribution in [3.8, 4) is 5.75 Å². The molecule has 1 aliphatic rings. The summed E-state index contributed by atoms with van der Waals surface area (Å²) in [5.41, 5.74) is 3.32. The number of rotatable bonds is 3. The summed E-state index contributed by atoms with van der Waals surface area (Å²) in [6.07, 6.45) is 2.62. The van der Waals surface area contributed by atoms with Crippen LogP contribution < -0.4 is 4.74 Å². The molecule has 1 aliphatic heterocycles. The Bertz CT molecular complexity index is 678. The molecule has 1 fully saturated rings. The minimum atomic E-state index is -2.01. The number of nitrogens with one attached hydrogen (secondary N) is 1. The van der Waals surface area contributed by atoms with Gasteiger partial charge in [0.1, 0.15) is 5.75 Å². The molecule has 19 heavy (non-hydrogen) atoms. The molecule has 0 bridgehead atoms. The van der Waals surface area contributed by atoms with E-state index in [9.17, 15) is 0 Å². The number of fused-ring (bicyclic) bond motifs is 1. The molecule has 2 heterocycles. The molecule has 0 aliphatic carbocycles. The monoisotopic (exact) mass is 261 g/mol. The second-order valence-electron chi connectivity index (χ2n) is 5.30.